The number of halogens is 1. The Labute approximate surface area is 132 Å². The first-order valence-corrected chi connectivity index (χ1v) is 8.07. The summed E-state index contributed by atoms with van der Waals surface area (Å²) in [5, 5.41) is 3.30. The molecule has 2 rings (SSSR count). The van der Waals surface area contributed by atoms with Gasteiger partial charge >= 0.3 is 0 Å². The molecule has 0 bridgehead atoms. The van der Waals surface area contributed by atoms with Gasteiger partial charge in [-0.25, -0.2) is 0 Å². The standard InChI is InChI=1S/C15H17BrN2OS/c1-17-12(15-13(19-2)7-5-9-18-15)10-20-14-8-4-3-6-11(14)16/h3-9,12,17H,10H2,1-2H3. The summed E-state index contributed by atoms with van der Waals surface area (Å²) in [7, 11) is 3.62. The van der Waals surface area contributed by atoms with Gasteiger partial charge in [0, 0.05) is 21.3 Å². The van der Waals surface area contributed by atoms with Crippen LogP contribution in [0.15, 0.2) is 52.0 Å². The smallest absolute Gasteiger partial charge is 0.142 e. The SMILES string of the molecule is CNC(CSc1ccccc1Br)c1ncccc1OC. The van der Waals surface area contributed by atoms with E-state index in [1.54, 1.807) is 25.1 Å². The van der Waals surface area contributed by atoms with E-state index in [0.717, 1.165) is 21.7 Å². The third kappa shape index (κ3) is 3.75. The van der Waals surface area contributed by atoms with Crippen LogP contribution in [0.1, 0.15) is 11.7 Å². The van der Waals surface area contributed by atoms with Crippen molar-refractivity contribution in [2.45, 2.75) is 10.9 Å². The number of nitrogens with one attached hydrogen (secondary N) is 1. The van der Waals surface area contributed by atoms with E-state index in [4.69, 9.17) is 4.74 Å². The number of ether oxygens (including phenoxy) is 1. The lowest BCUT2D eigenvalue weighted by Crippen LogP contribution is -2.20. The highest BCUT2D eigenvalue weighted by molar-refractivity contribution is 9.10. The lowest BCUT2D eigenvalue weighted by molar-refractivity contribution is 0.400. The number of hydrogen-bond acceptors (Lipinski definition) is 4. The fourth-order valence-electron chi connectivity index (χ4n) is 1.87. The normalized spacial score (nSPS) is 12.2. The molecule has 3 nitrogen and oxygen atoms in total. The molecule has 0 radical (unpaired) electrons. The first-order chi connectivity index (χ1) is 9.76. The van der Waals surface area contributed by atoms with Crippen molar-refractivity contribution >= 4 is 27.7 Å². The molecule has 1 unspecified atom stereocenters. The molecule has 0 aliphatic rings. The van der Waals surface area contributed by atoms with Crippen molar-refractivity contribution in [1.82, 2.24) is 10.3 Å². The Balaban J connectivity index is 2.11. The number of rotatable bonds is 6. The van der Waals surface area contributed by atoms with Crippen LogP contribution in [0.3, 0.4) is 0 Å². The molecule has 1 N–H and O–H groups in total. The highest BCUT2D eigenvalue weighted by Crippen LogP contribution is 2.32. The molecule has 0 aliphatic carbocycles. The van der Waals surface area contributed by atoms with E-state index in [1.807, 2.05) is 31.3 Å². The maximum absolute atomic E-state index is 5.38. The molecule has 0 amide bonds. The number of methoxy groups -OCH3 is 1. The number of aromatic nitrogens is 1. The second-order valence-corrected chi connectivity index (χ2v) is 6.09. The van der Waals surface area contributed by atoms with Gasteiger partial charge in [0.1, 0.15) is 5.75 Å². The summed E-state index contributed by atoms with van der Waals surface area (Å²) >= 11 is 5.36. The summed E-state index contributed by atoms with van der Waals surface area (Å²) in [4.78, 5) is 5.67. The van der Waals surface area contributed by atoms with Crippen molar-refractivity contribution in [2.75, 3.05) is 19.9 Å². The van der Waals surface area contributed by atoms with Gasteiger partial charge in [-0.1, -0.05) is 12.1 Å². The van der Waals surface area contributed by atoms with Crippen LogP contribution in [-0.4, -0.2) is 24.9 Å². The number of pyridine rings is 1. The molecule has 1 atom stereocenters. The van der Waals surface area contributed by atoms with Crippen LogP contribution in [0.5, 0.6) is 5.75 Å². The number of hydrogen-bond donors (Lipinski definition) is 1. The van der Waals surface area contributed by atoms with E-state index in [2.05, 4.69) is 38.4 Å². The Morgan fingerprint density at radius 3 is 2.80 bits per heavy atom. The lowest BCUT2D eigenvalue weighted by atomic mass is 10.2. The van der Waals surface area contributed by atoms with Crippen LogP contribution in [0.2, 0.25) is 0 Å². The number of benzene rings is 1. The number of thioether (sulfide) groups is 1. The molecule has 0 saturated carbocycles. The Morgan fingerprint density at radius 1 is 1.30 bits per heavy atom. The van der Waals surface area contributed by atoms with Crippen LogP contribution < -0.4 is 10.1 Å². The van der Waals surface area contributed by atoms with Gasteiger partial charge in [-0.15, -0.1) is 11.8 Å². The average Bonchev–Trinajstić information content (AvgIpc) is 2.50. The minimum Gasteiger partial charge on any atom is -0.495 e. The molecule has 0 spiro atoms. The van der Waals surface area contributed by atoms with E-state index in [9.17, 15) is 0 Å². The van der Waals surface area contributed by atoms with Gasteiger partial charge in [-0.05, 0) is 47.2 Å². The quantitative estimate of drug-likeness (QED) is 0.799. The predicted molar refractivity (Wildman–Crippen MR) is 87.5 cm³/mol. The van der Waals surface area contributed by atoms with Crippen molar-refractivity contribution in [3.05, 3.63) is 52.8 Å². The minimum absolute atomic E-state index is 0.142. The van der Waals surface area contributed by atoms with Gasteiger partial charge in [0.05, 0.1) is 18.8 Å². The van der Waals surface area contributed by atoms with Gasteiger partial charge in [0.25, 0.3) is 0 Å². The Kier molecular flexibility index (Phi) is 5.88. The molecule has 1 aromatic heterocycles. The highest BCUT2D eigenvalue weighted by atomic mass is 79.9. The summed E-state index contributed by atoms with van der Waals surface area (Å²) in [6.45, 7) is 0. The molecule has 106 valence electrons. The first kappa shape index (κ1) is 15.4. The molecule has 5 heteroatoms. The summed E-state index contributed by atoms with van der Waals surface area (Å²) in [5.41, 5.74) is 0.942. The van der Waals surface area contributed by atoms with Crippen molar-refractivity contribution in [3.63, 3.8) is 0 Å². The second kappa shape index (κ2) is 7.67. The Bertz CT molecular complexity index is 565. The second-order valence-electron chi connectivity index (χ2n) is 4.17. The maximum atomic E-state index is 5.38. The van der Waals surface area contributed by atoms with Crippen molar-refractivity contribution in [2.24, 2.45) is 0 Å². The van der Waals surface area contributed by atoms with Crippen molar-refractivity contribution in [3.8, 4) is 5.75 Å². The fraction of sp³-hybridized carbons (Fsp3) is 0.267. The first-order valence-electron chi connectivity index (χ1n) is 6.29. The zero-order valence-corrected chi connectivity index (χ0v) is 13.9. The highest BCUT2D eigenvalue weighted by Gasteiger charge is 2.16. The predicted octanol–water partition coefficient (Wildman–Crippen LogP) is 3.91. The Hall–Kier alpha value is -1.04. The summed E-state index contributed by atoms with van der Waals surface area (Å²) in [6.07, 6.45) is 1.80. The molecular formula is C15H17BrN2OS. The van der Waals surface area contributed by atoms with Gasteiger partial charge in [0.15, 0.2) is 0 Å². The third-order valence-corrected chi connectivity index (χ3v) is 5.06. The zero-order chi connectivity index (χ0) is 14.4. The van der Waals surface area contributed by atoms with Gasteiger partial charge in [-0.2, -0.15) is 0 Å². The van der Waals surface area contributed by atoms with Crippen LogP contribution in [0, 0.1) is 0 Å². The third-order valence-electron chi connectivity index (χ3n) is 2.94. The largest absolute Gasteiger partial charge is 0.495 e. The minimum atomic E-state index is 0.142. The Morgan fingerprint density at radius 2 is 2.10 bits per heavy atom. The summed E-state index contributed by atoms with van der Waals surface area (Å²) in [6, 6.07) is 12.2. The van der Waals surface area contributed by atoms with Crippen LogP contribution in [0.25, 0.3) is 0 Å². The summed E-state index contributed by atoms with van der Waals surface area (Å²) < 4.78 is 6.50. The van der Waals surface area contributed by atoms with Crippen molar-refractivity contribution in [1.29, 1.82) is 0 Å². The maximum Gasteiger partial charge on any atom is 0.142 e. The molecule has 20 heavy (non-hydrogen) atoms. The molecule has 2 aromatic rings. The monoisotopic (exact) mass is 352 g/mol. The fourth-order valence-corrected chi connectivity index (χ4v) is 3.55. The van der Waals surface area contributed by atoms with E-state index in [1.165, 1.54) is 4.90 Å². The van der Waals surface area contributed by atoms with E-state index in [-0.39, 0.29) is 6.04 Å². The van der Waals surface area contributed by atoms with Crippen LogP contribution in [-0.2, 0) is 0 Å². The van der Waals surface area contributed by atoms with E-state index in [0.29, 0.717) is 0 Å². The molecule has 0 fully saturated rings. The molecule has 0 aliphatic heterocycles. The van der Waals surface area contributed by atoms with E-state index < -0.39 is 0 Å². The van der Waals surface area contributed by atoms with Gasteiger partial charge in [0.2, 0.25) is 0 Å². The lowest BCUT2D eigenvalue weighted by Gasteiger charge is -2.18. The van der Waals surface area contributed by atoms with Crippen LogP contribution >= 0.6 is 27.7 Å². The number of nitrogens with zero attached hydrogens (tertiary/aromatic N) is 1. The van der Waals surface area contributed by atoms with Gasteiger partial charge in [-0.3, -0.25) is 4.98 Å². The van der Waals surface area contributed by atoms with Crippen LogP contribution in [0.4, 0.5) is 0 Å². The molecule has 1 heterocycles. The van der Waals surface area contributed by atoms with E-state index >= 15 is 0 Å². The molecule has 1 aromatic carbocycles. The van der Waals surface area contributed by atoms with Gasteiger partial charge < -0.3 is 10.1 Å². The topological polar surface area (TPSA) is 34.2 Å². The molecular weight excluding hydrogens is 336 g/mol. The zero-order valence-electron chi connectivity index (χ0n) is 11.5. The summed E-state index contributed by atoms with van der Waals surface area (Å²) in [5.74, 6) is 1.70. The average molecular weight is 353 g/mol. The molecule has 0 saturated heterocycles. The van der Waals surface area contributed by atoms with Crippen molar-refractivity contribution < 1.29 is 4.74 Å².